The van der Waals surface area contributed by atoms with E-state index in [1.807, 2.05) is 0 Å². The van der Waals surface area contributed by atoms with Gasteiger partial charge in [-0.15, -0.1) is 0 Å². The Labute approximate surface area is 136 Å². The molecule has 0 spiro atoms. The molecule has 0 saturated heterocycles. The standard InChI is InChI=1S/C18H23N3O2/c1-12(10-19-18(22)17-13(2)20-23-14(17)3)21-9-8-15-6-4-5-7-16(15)11-21/h4-7,12H,8-11H2,1-3H3,(H,19,22). The second-order valence-corrected chi connectivity index (χ2v) is 6.25. The molecule has 1 N–H and O–H groups in total. The van der Waals surface area contributed by atoms with Crippen molar-refractivity contribution < 1.29 is 9.32 Å². The quantitative estimate of drug-likeness (QED) is 0.942. The number of aromatic nitrogens is 1. The van der Waals surface area contributed by atoms with E-state index in [0.29, 0.717) is 23.6 Å². The smallest absolute Gasteiger partial charge is 0.256 e. The maximum absolute atomic E-state index is 12.3. The first-order chi connectivity index (χ1) is 11.1. The molecular weight excluding hydrogens is 290 g/mol. The van der Waals surface area contributed by atoms with Crippen LogP contribution < -0.4 is 5.32 Å². The van der Waals surface area contributed by atoms with Gasteiger partial charge in [-0.2, -0.15) is 0 Å². The van der Waals surface area contributed by atoms with Crippen LogP contribution in [0.15, 0.2) is 28.8 Å². The summed E-state index contributed by atoms with van der Waals surface area (Å²) in [6.07, 6.45) is 1.07. The van der Waals surface area contributed by atoms with Crippen molar-refractivity contribution >= 4 is 5.91 Å². The third-order valence-electron chi connectivity index (χ3n) is 4.60. The zero-order valence-corrected chi connectivity index (χ0v) is 13.9. The van der Waals surface area contributed by atoms with Crippen molar-refractivity contribution in [3.8, 4) is 0 Å². The van der Waals surface area contributed by atoms with Gasteiger partial charge in [-0.3, -0.25) is 9.69 Å². The molecule has 1 aromatic heterocycles. The summed E-state index contributed by atoms with van der Waals surface area (Å²) in [6.45, 7) is 8.29. The molecule has 0 radical (unpaired) electrons. The van der Waals surface area contributed by atoms with Crippen LogP contribution in [0, 0.1) is 13.8 Å². The number of hydrogen-bond donors (Lipinski definition) is 1. The van der Waals surface area contributed by atoms with Crippen LogP contribution in [-0.4, -0.2) is 35.1 Å². The average molecular weight is 313 g/mol. The summed E-state index contributed by atoms with van der Waals surface area (Å²) in [5, 5.41) is 6.84. The Bertz CT molecular complexity index is 689. The molecule has 5 nitrogen and oxygen atoms in total. The fraction of sp³-hybridized carbons (Fsp3) is 0.444. The fourth-order valence-corrected chi connectivity index (χ4v) is 3.16. The zero-order chi connectivity index (χ0) is 16.4. The average Bonchev–Trinajstić information content (AvgIpc) is 2.90. The Hall–Kier alpha value is -2.14. The molecule has 5 heteroatoms. The van der Waals surface area contributed by atoms with Gasteiger partial charge in [0.2, 0.25) is 0 Å². The maximum Gasteiger partial charge on any atom is 0.256 e. The molecule has 0 aliphatic carbocycles. The lowest BCUT2D eigenvalue weighted by Gasteiger charge is -2.33. The number of aryl methyl sites for hydroxylation is 2. The molecule has 3 rings (SSSR count). The third-order valence-corrected chi connectivity index (χ3v) is 4.60. The van der Waals surface area contributed by atoms with E-state index in [0.717, 1.165) is 19.5 Å². The summed E-state index contributed by atoms with van der Waals surface area (Å²) < 4.78 is 5.06. The molecule has 2 heterocycles. The minimum atomic E-state index is -0.106. The van der Waals surface area contributed by atoms with Crippen molar-refractivity contribution in [1.29, 1.82) is 0 Å². The number of nitrogens with zero attached hydrogens (tertiary/aromatic N) is 2. The number of nitrogens with one attached hydrogen (secondary N) is 1. The summed E-state index contributed by atoms with van der Waals surface area (Å²) in [5.74, 6) is 0.463. The van der Waals surface area contributed by atoms with Crippen molar-refractivity contribution in [2.45, 2.75) is 39.8 Å². The highest BCUT2D eigenvalue weighted by atomic mass is 16.5. The van der Waals surface area contributed by atoms with Crippen molar-refractivity contribution in [2.75, 3.05) is 13.1 Å². The van der Waals surface area contributed by atoms with Crippen LogP contribution in [0.1, 0.15) is 39.9 Å². The van der Waals surface area contributed by atoms with Gasteiger partial charge in [0.15, 0.2) is 0 Å². The number of hydrogen-bond acceptors (Lipinski definition) is 4. The first kappa shape index (κ1) is 15.7. The predicted octanol–water partition coefficient (Wildman–Crippen LogP) is 2.47. The van der Waals surface area contributed by atoms with Gasteiger partial charge >= 0.3 is 0 Å². The zero-order valence-electron chi connectivity index (χ0n) is 13.9. The molecule has 0 saturated carbocycles. The highest BCUT2D eigenvalue weighted by Crippen LogP contribution is 2.20. The van der Waals surface area contributed by atoms with E-state index in [-0.39, 0.29) is 11.9 Å². The van der Waals surface area contributed by atoms with E-state index in [1.165, 1.54) is 11.1 Å². The molecule has 1 aromatic carbocycles. The Morgan fingerprint density at radius 2 is 2.09 bits per heavy atom. The predicted molar refractivity (Wildman–Crippen MR) is 88.3 cm³/mol. The molecule has 0 fully saturated rings. The molecule has 23 heavy (non-hydrogen) atoms. The monoisotopic (exact) mass is 313 g/mol. The van der Waals surface area contributed by atoms with Crippen LogP contribution in [0.4, 0.5) is 0 Å². The molecule has 0 bridgehead atoms. The van der Waals surface area contributed by atoms with Crippen molar-refractivity contribution in [3.63, 3.8) is 0 Å². The lowest BCUT2D eigenvalue weighted by molar-refractivity contribution is 0.0930. The van der Waals surface area contributed by atoms with Gasteiger partial charge in [0, 0.05) is 25.7 Å². The second kappa shape index (κ2) is 6.54. The molecule has 1 aliphatic heterocycles. The van der Waals surface area contributed by atoms with Crippen molar-refractivity contribution in [3.05, 3.63) is 52.4 Å². The fourth-order valence-electron chi connectivity index (χ4n) is 3.16. The highest BCUT2D eigenvalue weighted by molar-refractivity contribution is 5.96. The Morgan fingerprint density at radius 1 is 1.35 bits per heavy atom. The lowest BCUT2D eigenvalue weighted by atomic mass is 9.99. The Balaban J connectivity index is 1.58. The molecule has 1 atom stereocenters. The van der Waals surface area contributed by atoms with E-state index in [1.54, 1.807) is 13.8 Å². The van der Waals surface area contributed by atoms with Gasteiger partial charge in [-0.25, -0.2) is 0 Å². The number of amides is 1. The van der Waals surface area contributed by atoms with E-state index >= 15 is 0 Å². The van der Waals surface area contributed by atoms with E-state index in [4.69, 9.17) is 4.52 Å². The first-order valence-corrected chi connectivity index (χ1v) is 8.08. The lowest BCUT2D eigenvalue weighted by Crippen LogP contribution is -2.44. The maximum atomic E-state index is 12.3. The van der Waals surface area contributed by atoms with E-state index in [2.05, 4.69) is 46.6 Å². The van der Waals surface area contributed by atoms with Gasteiger partial charge in [-0.05, 0) is 38.3 Å². The molecule has 1 unspecified atom stereocenters. The van der Waals surface area contributed by atoms with Gasteiger partial charge in [0.05, 0.1) is 5.69 Å². The first-order valence-electron chi connectivity index (χ1n) is 8.08. The normalized spacial score (nSPS) is 16.0. The summed E-state index contributed by atoms with van der Waals surface area (Å²) in [7, 11) is 0. The van der Waals surface area contributed by atoms with Gasteiger partial charge < -0.3 is 9.84 Å². The molecule has 1 amide bonds. The molecular formula is C18H23N3O2. The molecule has 122 valence electrons. The largest absolute Gasteiger partial charge is 0.361 e. The van der Waals surface area contributed by atoms with Crippen molar-refractivity contribution in [2.24, 2.45) is 0 Å². The third kappa shape index (κ3) is 3.29. The minimum Gasteiger partial charge on any atom is -0.361 e. The van der Waals surface area contributed by atoms with Gasteiger partial charge in [-0.1, -0.05) is 29.4 Å². The van der Waals surface area contributed by atoms with Gasteiger partial charge in [0.25, 0.3) is 5.91 Å². The van der Waals surface area contributed by atoms with Crippen molar-refractivity contribution in [1.82, 2.24) is 15.4 Å². The number of carbonyl (C=O) groups excluding carboxylic acids is 1. The second-order valence-electron chi connectivity index (χ2n) is 6.25. The number of carbonyl (C=O) groups is 1. The SMILES string of the molecule is Cc1noc(C)c1C(=O)NCC(C)N1CCc2ccccc2C1. The Morgan fingerprint density at radius 3 is 2.78 bits per heavy atom. The van der Waals surface area contributed by atoms with Gasteiger partial charge in [0.1, 0.15) is 11.3 Å². The minimum absolute atomic E-state index is 0.106. The van der Waals surface area contributed by atoms with Crippen LogP contribution in [0.25, 0.3) is 0 Å². The summed E-state index contributed by atoms with van der Waals surface area (Å²) in [6, 6.07) is 8.87. The van der Waals surface area contributed by atoms with Crippen LogP contribution >= 0.6 is 0 Å². The summed E-state index contributed by atoms with van der Waals surface area (Å²) >= 11 is 0. The molecule has 1 aliphatic rings. The Kier molecular flexibility index (Phi) is 4.48. The van der Waals surface area contributed by atoms with E-state index in [9.17, 15) is 4.79 Å². The van der Waals surface area contributed by atoms with E-state index < -0.39 is 0 Å². The van der Waals surface area contributed by atoms with Crippen LogP contribution in [0.2, 0.25) is 0 Å². The number of rotatable bonds is 4. The molecule has 2 aromatic rings. The number of benzene rings is 1. The van der Waals surface area contributed by atoms with Crippen LogP contribution in [0.5, 0.6) is 0 Å². The highest BCUT2D eigenvalue weighted by Gasteiger charge is 2.22. The number of fused-ring (bicyclic) bond motifs is 1. The summed E-state index contributed by atoms with van der Waals surface area (Å²) in [5.41, 5.74) is 4.03. The topological polar surface area (TPSA) is 58.4 Å². The van der Waals surface area contributed by atoms with Crippen LogP contribution in [-0.2, 0) is 13.0 Å². The van der Waals surface area contributed by atoms with Crippen LogP contribution in [0.3, 0.4) is 0 Å². The summed E-state index contributed by atoms with van der Waals surface area (Å²) in [4.78, 5) is 14.7.